The number of carbonyl (C=O) groups is 3. The number of rotatable bonds is 63. The first-order chi connectivity index (χ1) is 39.5. The van der Waals surface area contributed by atoms with Crippen LogP contribution in [0.1, 0.15) is 348 Å². The Kier molecular flexibility index (Phi) is 65.2. The van der Waals surface area contributed by atoms with Crippen LogP contribution < -0.4 is 0 Å². The van der Waals surface area contributed by atoms with Gasteiger partial charge in [-0.15, -0.1) is 0 Å². The van der Waals surface area contributed by atoms with Crippen LogP contribution in [0.25, 0.3) is 0 Å². The molecule has 0 radical (unpaired) electrons. The molecule has 0 aliphatic rings. The highest BCUT2D eigenvalue weighted by atomic mass is 16.6. The van der Waals surface area contributed by atoms with Crippen molar-refractivity contribution in [3.8, 4) is 0 Å². The van der Waals surface area contributed by atoms with E-state index in [4.69, 9.17) is 14.2 Å². The molecule has 0 spiro atoms. The van der Waals surface area contributed by atoms with Crippen LogP contribution in [0.15, 0.2) is 85.1 Å². The minimum absolute atomic E-state index is 0.0799. The molecule has 0 heterocycles. The van der Waals surface area contributed by atoms with Crippen LogP contribution in [0.2, 0.25) is 0 Å². The Bertz CT molecular complexity index is 1520. The molecule has 0 saturated carbocycles. The second kappa shape index (κ2) is 68.1. The van der Waals surface area contributed by atoms with E-state index in [0.29, 0.717) is 19.3 Å². The van der Waals surface area contributed by atoms with E-state index in [-0.39, 0.29) is 31.1 Å². The molecule has 0 bridgehead atoms. The maximum absolute atomic E-state index is 12.9. The molecule has 0 fully saturated rings. The molecule has 0 aliphatic carbocycles. The van der Waals surface area contributed by atoms with Crippen LogP contribution in [0.3, 0.4) is 0 Å². The van der Waals surface area contributed by atoms with Crippen molar-refractivity contribution in [2.75, 3.05) is 13.2 Å². The lowest BCUT2D eigenvalue weighted by Crippen LogP contribution is -2.30. The quantitative estimate of drug-likeness (QED) is 0.0261. The van der Waals surface area contributed by atoms with Crippen LogP contribution in [-0.4, -0.2) is 37.2 Å². The fraction of sp³-hybridized carbons (Fsp3) is 0.770. The third-order valence-corrected chi connectivity index (χ3v) is 15.1. The Hall–Kier alpha value is -3.41. The van der Waals surface area contributed by atoms with E-state index in [0.717, 1.165) is 122 Å². The molecule has 0 N–H and O–H groups in total. The van der Waals surface area contributed by atoms with Crippen LogP contribution >= 0.6 is 0 Å². The predicted molar refractivity (Wildman–Crippen MR) is 348 cm³/mol. The van der Waals surface area contributed by atoms with Gasteiger partial charge in [0.25, 0.3) is 0 Å². The average Bonchev–Trinajstić information content (AvgIpc) is 3.46. The van der Waals surface area contributed by atoms with E-state index in [9.17, 15) is 14.4 Å². The van der Waals surface area contributed by atoms with Crippen molar-refractivity contribution in [1.82, 2.24) is 0 Å². The van der Waals surface area contributed by atoms with Gasteiger partial charge in [-0.05, 0) is 109 Å². The summed E-state index contributed by atoms with van der Waals surface area (Å²) in [5.41, 5.74) is 0. The second-order valence-electron chi connectivity index (χ2n) is 23.1. The lowest BCUT2D eigenvalue weighted by molar-refractivity contribution is -0.167. The van der Waals surface area contributed by atoms with Gasteiger partial charge < -0.3 is 14.2 Å². The minimum Gasteiger partial charge on any atom is -0.462 e. The third-order valence-electron chi connectivity index (χ3n) is 15.1. The van der Waals surface area contributed by atoms with E-state index in [1.165, 1.54) is 186 Å². The van der Waals surface area contributed by atoms with E-state index < -0.39 is 6.10 Å². The maximum Gasteiger partial charge on any atom is 0.306 e. The monoisotopic (exact) mass is 1110 g/mol. The lowest BCUT2D eigenvalue weighted by Gasteiger charge is -2.18. The molecule has 462 valence electrons. The number of hydrogen-bond acceptors (Lipinski definition) is 6. The summed E-state index contributed by atoms with van der Waals surface area (Å²) in [5.74, 6) is -0.887. The number of hydrogen-bond donors (Lipinski definition) is 0. The zero-order valence-corrected chi connectivity index (χ0v) is 53.1. The molecule has 0 saturated heterocycles. The average molecular weight is 1120 g/mol. The molecular weight excluding hydrogens is 985 g/mol. The van der Waals surface area contributed by atoms with Crippen molar-refractivity contribution >= 4 is 17.9 Å². The molecular formula is C74H130O6. The highest BCUT2D eigenvalue weighted by molar-refractivity contribution is 5.71. The van der Waals surface area contributed by atoms with Crippen molar-refractivity contribution in [3.63, 3.8) is 0 Å². The Morgan fingerprint density at radius 3 is 0.825 bits per heavy atom. The molecule has 0 aliphatic heterocycles. The van der Waals surface area contributed by atoms with E-state index in [1.54, 1.807) is 0 Å². The van der Waals surface area contributed by atoms with Gasteiger partial charge in [0.1, 0.15) is 13.2 Å². The van der Waals surface area contributed by atoms with Crippen LogP contribution in [0.4, 0.5) is 0 Å². The minimum atomic E-state index is -0.784. The number of carbonyl (C=O) groups excluding carboxylic acids is 3. The van der Waals surface area contributed by atoms with E-state index in [1.807, 2.05) is 0 Å². The van der Waals surface area contributed by atoms with Gasteiger partial charge in [0.05, 0.1) is 0 Å². The highest BCUT2D eigenvalue weighted by Gasteiger charge is 2.19. The smallest absolute Gasteiger partial charge is 0.306 e. The molecule has 0 rings (SSSR count). The molecule has 1 atom stereocenters. The molecule has 0 aromatic carbocycles. The normalized spacial score (nSPS) is 12.6. The van der Waals surface area contributed by atoms with Gasteiger partial charge in [-0.1, -0.05) is 305 Å². The highest BCUT2D eigenvalue weighted by Crippen LogP contribution is 2.18. The van der Waals surface area contributed by atoms with Crippen molar-refractivity contribution in [2.24, 2.45) is 0 Å². The Morgan fingerprint density at radius 2 is 0.512 bits per heavy atom. The predicted octanol–water partition coefficient (Wildman–Crippen LogP) is 23.8. The first kappa shape index (κ1) is 76.6. The fourth-order valence-corrected chi connectivity index (χ4v) is 9.94. The second-order valence-corrected chi connectivity index (χ2v) is 23.1. The van der Waals surface area contributed by atoms with Crippen molar-refractivity contribution < 1.29 is 28.6 Å². The topological polar surface area (TPSA) is 78.9 Å². The van der Waals surface area contributed by atoms with Crippen LogP contribution in [-0.2, 0) is 28.6 Å². The number of unbranched alkanes of at least 4 members (excludes halogenated alkanes) is 38. The van der Waals surface area contributed by atoms with E-state index in [2.05, 4.69) is 106 Å². The fourth-order valence-electron chi connectivity index (χ4n) is 9.94. The first-order valence-electron chi connectivity index (χ1n) is 34.6. The van der Waals surface area contributed by atoms with Gasteiger partial charge in [0.2, 0.25) is 0 Å². The Labute approximate surface area is 496 Å². The first-order valence-corrected chi connectivity index (χ1v) is 34.6. The molecule has 0 aromatic heterocycles. The zero-order valence-electron chi connectivity index (χ0n) is 53.1. The van der Waals surface area contributed by atoms with Gasteiger partial charge in [-0.2, -0.15) is 0 Å². The molecule has 6 nitrogen and oxygen atoms in total. The molecule has 1 unspecified atom stereocenters. The third kappa shape index (κ3) is 65.4. The summed E-state index contributed by atoms with van der Waals surface area (Å²) in [6.07, 6.45) is 90.6. The van der Waals surface area contributed by atoms with Crippen LogP contribution in [0.5, 0.6) is 0 Å². The van der Waals surface area contributed by atoms with Gasteiger partial charge in [-0.3, -0.25) is 14.4 Å². The summed E-state index contributed by atoms with van der Waals surface area (Å²) in [4.78, 5) is 38.3. The summed E-state index contributed by atoms with van der Waals surface area (Å²) in [7, 11) is 0. The number of ether oxygens (including phenoxy) is 3. The molecule has 0 aromatic rings. The summed E-state index contributed by atoms with van der Waals surface area (Å²) in [6, 6.07) is 0. The summed E-state index contributed by atoms with van der Waals surface area (Å²) >= 11 is 0. The summed E-state index contributed by atoms with van der Waals surface area (Å²) in [6.45, 7) is 6.47. The number of esters is 3. The Balaban J connectivity index is 4.07. The van der Waals surface area contributed by atoms with Gasteiger partial charge in [0, 0.05) is 19.3 Å². The maximum atomic E-state index is 12.9. The Morgan fingerprint density at radius 1 is 0.263 bits per heavy atom. The summed E-state index contributed by atoms with van der Waals surface area (Å²) < 4.78 is 16.9. The van der Waals surface area contributed by atoms with Crippen molar-refractivity contribution in [2.45, 2.75) is 354 Å². The number of allylic oxidation sites excluding steroid dienone is 14. The van der Waals surface area contributed by atoms with Gasteiger partial charge >= 0.3 is 17.9 Å². The lowest BCUT2D eigenvalue weighted by atomic mass is 10.0. The molecule has 80 heavy (non-hydrogen) atoms. The van der Waals surface area contributed by atoms with E-state index >= 15 is 0 Å². The van der Waals surface area contributed by atoms with Crippen molar-refractivity contribution in [3.05, 3.63) is 85.1 Å². The van der Waals surface area contributed by atoms with Gasteiger partial charge in [-0.25, -0.2) is 0 Å². The zero-order chi connectivity index (χ0) is 57.8. The standard InChI is InChI=1S/C74H130O6/c1-4-7-10-13-16-19-22-25-27-28-29-30-31-32-33-34-35-36-37-38-39-40-41-42-43-44-45-46-47-50-52-55-58-61-64-67-73(76)79-70-71(69-78-72(75)66-63-60-57-54-51-48-24-21-18-15-12-9-6-3)80-74(77)68-65-62-59-56-53-49-26-23-20-17-14-11-8-5-2/h7,10,12,15-16,19,21,23-27,29-30,71H,4-6,8-9,11,13-14,17-18,20,22,28,31-70H2,1-3H3/b10-7-,15-12-,19-16-,24-21-,26-23-,27-25-,30-29-. The molecule has 0 amide bonds. The SMILES string of the molecule is CC/C=C\C/C=C\C/C=C\C/C=C\CCCCCCCCCCCCCCCCCCCCCCCCC(=O)OCC(COC(=O)CCCCCCC/C=C\C/C=C\CCC)OC(=O)CCCCCCC/C=C\CCCCCCC. The summed E-state index contributed by atoms with van der Waals surface area (Å²) in [5, 5.41) is 0. The molecule has 6 heteroatoms. The van der Waals surface area contributed by atoms with Crippen molar-refractivity contribution in [1.29, 1.82) is 0 Å². The van der Waals surface area contributed by atoms with Gasteiger partial charge in [0.15, 0.2) is 6.10 Å². The largest absolute Gasteiger partial charge is 0.462 e. The van der Waals surface area contributed by atoms with Crippen LogP contribution in [0, 0.1) is 0 Å².